The summed E-state index contributed by atoms with van der Waals surface area (Å²) in [5.41, 5.74) is 4.95. The monoisotopic (exact) mass is 468 g/mol. The summed E-state index contributed by atoms with van der Waals surface area (Å²) in [4.78, 5) is 34.5. The van der Waals surface area contributed by atoms with Gasteiger partial charge in [-0.05, 0) is 49.2 Å². The molecule has 0 spiro atoms. The lowest BCUT2D eigenvalue weighted by atomic mass is 10.1. The molecule has 3 aromatic rings. The van der Waals surface area contributed by atoms with E-state index >= 15 is 0 Å². The molecule has 2 fully saturated rings. The molecule has 0 atom stereocenters. The molecule has 5 rings (SSSR count). The fraction of sp³-hybridized carbons (Fsp3) is 0.310. The summed E-state index contributed by atoms with van der Waals surface area (Å²) in [7, 11) is 0. The van der Waals surface area contributed by atoms with Crippen LogP contribution in [-0.2, 0) is 6.54 Å². The quantitative estimate of drug-likeness (QED) is 0.541. The van der Waals surface area contributed by atoms with Crippen LogP contribution >= 0.6 is 0 Å². The van der Waals surface area contributed by atoms with E-state index in [2.05, 4.69) is 42.2 Å². The first-order chi connectivity index (χ1) is 17.1. The largest absolute Gasteiger partial charge is 0.368 e. The molecule has 0 bridgehead atoms. The van der Waals surface area contributed by atoms with Gasteiger partial charge in [0.2, 0.25) is 0 Å². The van der Waals surface area contributed by atoms with Crippen LogP contribution in [0.15, 0.2) is 78.9 Å². The molecule has 0 radical (unpaired) electrons. The number of piperazine rings is 1. The zero-order valence-corrected chi connectivity index (χ0v) is 20.3. The molecule has 2 saturated heterocycles. The highest BCUT2D eigenvalue weighted by Crippen LogP contribution is 2.24. The zero-order valence-electron chi connectivity index (χ0n) is 20.3. The first-order valence-corrected chi connectivity index (χ1v) is 12.4. The topological polar surface area (TPSA) is 47.1 Å². The van der Waals surface area contributed by atoms with Gasteiger partial charge in [0.05, 0.1) is 0 Å². The Balaban J connectivity index is 1.25. The molecule has 3 amide bonds. The smallest absolute Gasteiger partial charge is 0.324 e. The maximum Gasteiger partial charge on any atom is 0.324 e. The molecule has 0 saturated carbocycles. The Kier molecular flexibility index (Phi) is 6.70. The average Bonchev–Trinajstić information content (AvgIpc) is 2.90. The van der Waals surface area contributed by atoms with E-state index in [1.807, 2.05) is 63.2 Å². The number of hydrogen-bond acceptors (Lipinski definition) is 3. The molecular formula is C29H32N4O2. The van der Waals surface area contributed by atoms with Crippen LogP contribution in [0.2, 0.25) is 0 Å². The van der Waals surface area contributed by atoms with E-state index in [-0.39, 0.29) is 11.9 Å². The first-order valence-electron chi connectivity index (χ1n) is 12.4. The summed E-state index contributed by atoms with van der Waals surface area (Å²) in [5, 5.41) is 0. The number of amides is 3. The number of carbonyl (C=O) groups is 2. The van der Waals surface area contributed by atoms with E-state index in [4.69, 9.17) is 0 Å². The molecule has 35 heavy (non-hydrogen) atoms. The standard InChI is InChI=1S/C29H32N4O2/c1-23-8-5-9-24(20-23)22-32-14-7-15-33(29(32)35)27-13-6-10-25(21-27)28(34)31-18-16-30(17-19-31)26-11-3-2-4-12-26/h2-6,8-13,20-21H,7,14-19,22H2,1H3. The number of hydrogen-bond donors (Lipinski definition) is 0. The minimum atomic E-state index is -0.00108. The fourth-order valence-corrected chi connectivity index (χ4v) is 4.99. The van der Waals surface area contributed by atoms with Gasteiger partial charge in [0.1, 0.15) is 0 Å². The lowest BCUT2D eigenvalue weighted by Gasteiger charge is -2.37. The Morgan fingerprint density at radius 3 is 2.29 bits per heavy atom. The lowest BCUT2D eigenvalue weighted by Crippen LogP contribution is -2.49. The SMILES string of the molecule is Cc1cccc(CN2CCCN(c3cccc(C(=O)N4CCN(c5ccccc5)CC4)c3)C2=O)c1. The van der Waals surface area contributed by atoms with Gasteiger partial charge < -0.3 is 14.7 Å². The molecular weight excluding hydrogens is 436 g/mol. The highest BCUT2D eigenvalue weighted by atomic mass is 16.2. The number of rotatable bonds is 5. The van der Waals surface area contributed by atoms with Gasteiger partial charge in [-0.3, -0.25) is 9.69 Å². The molecule has 2 heterocycles. The van der Waals surface area contributed by atoms with Crippen molar-refractivity contribution in [2.75, 3.05) is 49.1 Å². The number of anilines is 2. The third-order valence-corrected chi connectivity index (χ3v) is 6.86. The van der Waals surface area contributed by atoms with Crippen molar-refractivity contribution in [2.24, 2.45) is 0 Å². The molecule has 0 N–H and O–H groups in total. The summed E-state index contributed by atoms with van der Waals surface area (Å²) in [6, 6.07) is 26.2. The van der Waals surface area contributed by atoms with Crippen LogP contribution in [0.3, 0.4) is 0 Å². The number of aryl methyl sites for hydroxylation is 1. The molecule has 3 aromatic carbocycles. The second-order valence-electron chi connectivity index (χ2n) is 9.36. The van der Waals surface area contributed by atoms with Crippen molar-refractivity contribution in [3.05, 3.63) is 95.6 Å². The molecule has 2 aliphatic heterocycles. The summed E-state index contributed by atoms with van der Waals surface area (Å²) in [6.45, 7) is 7.07. The highest BCUT2D eigenvalue weighted by molar-refractivity contribution is 5.98. The number of urea groups is 1. The molecule has 0 aliphatic carbocycles. The summed E-state index contributed by atoms with van der Waals surface area (Å²) in [6.07, 6.45) is 0.900. The van der Waals surface area contributed by atoms with Gasteiger partial charge in [0.15, 0.2) is 0 Å². The predicted molar refractivity (Wildman–Crippen MR) is 140 cm³/mol. The van der Waals surface area contributed by atoms with Crippen molar-refractivity contribution in [3.63, 3.8) is 0 Å². The van der Waals surface area contributed by atoms with Gasteiger partial charge in [-0.25, -0.2) is 4.79 Å². The van der Waals surface area contributed by atoms with Crippen molar-refractivity contribution in [3.8, 4) is 0 Å². The van der Waals surface area contributed by atoms with Crippen LogP contribution in [0, 0.1) is 6.92 Å². The Bertz CT molecular complexity index is 1190. The van der Waals surface area contributed by atoms with E-state index in [1.165, 1.54) is 11.3 Å². The van der Waals surface area contributed by atoms with Gasteiger partial charge in [0.25, 0.3) is 5.91 Å². The summed E-state index contributed by atoms with van der Waals surface area (Å²) < 4.78 is 0. The third-order valence-electron chi connectivity index (χ3n) is 6.86. The van der Waals surface area contributed by atoms with E-state index in [1.54, 1.807) is 0 Å². The Labute approximate surface area is 207 Å². The third kappa shape index (κ3) is 5.16. The molecule has 0 unspecified atom stereocenters. The van der Waals surface area contributed by atoms with Gasteiger partial charge >= 0.3 is 6.03 Å². The number of nitrogens with zero attached hydrogens (tertiary/aromatic N) is 4. The normalized spacial score (nSPS) is 16.5. The van der Waals surface area contributed by atoms with E-state index in [0.717, 1.165) is 37.3 Å². The van der Waals surface area contributed by atoms with Crippen LogP contribution in [-0.4, -0.2) is 61.0 Å². The maximum absolute atomic E-state index is 13.3. The number of carbonyl (C=O) groups excluding carboxylic acids is 2. The van der Waals surface area contributed by atoms with Crippen LogP contribution in [0.4, 0.5) is 16.2 Å². The van der Waals surface area contributed by atoms with Crippen molar-refractivity contribution < 1.29 is 9.59 Å². The fourth-order valence-electron chi connectivity index (χ4n) is 4.99. The van der Waals surface area contributed by atoms with E-state index in [0.29, 0.717) is 31.7 Å². The van der Waals surface area contributed by atoms with Gasteiger partial charge in [-0.2, -0.15) is 0 Å². The zero-order chi connectivity index (χ0) is 24.2. The van der Waals surface area contributed by atoms with Crippen molar-refractivity contribution in [1.29, 1.82) is 0 Å². The van der Waals surface area contributed by atoms with Gasteiger partial charge in [-0.1, -0.05) is 54.1 Å². The Morgan fingerprint density at radius 2 is 1.51 bits per heavy atom. The van der Waals surface area contributed by atoms with E-state index in [9.17, 15) is 9.59 Å². The highest BCUT2D eigenvalue weighted by Gasteiger charge is 2.28. The minimum absolute atomic E-state index is 0.00108. The predicted octanol–water partition coefficient (Wildman–Crippen LogP) is 4.79. The Morgan fingerprint density at radius 1 is 0.771 bits per heavy atom. The maximum atomic E-state index is 13.3. The molecule has 6 heteroatoms. The van der Waals surface area contributed by atoms with Crippen molar-refractivity contribution in [2.45, 2.75) is 19.9 Å². The first kappa shape index (κ1) is 23.0. The molecule has 2 aliphatic rings. The number of benzene rings is 3. The van der Waals surface area contributed by atoms with Crippen LogP contribution in [0.5, 0.6) is 0 Å². The Hall–Kier alpha value is -3.80. The average molecular weight is 469 g/mol. The van der Waals surface area contributed by atoms with Crippen molar-refractivity contribution >= 4 is 23.3 Å². The minimum Gasteiger partial charge on any atom is -0.368 e. The molecule has 180 valence electrons. The van der Waals surface area contributed by atoms with Gasteiger partial charge in [-0.15, -0.1) is 0 Å². The van der Waals surface area contributed by atoms with Gasteiger partial charge in [0, 0.05) is 62.8 Å². The summed E-state index contributed by atoms with van der Waals surface area (Å²) >= 11 is 0. The van der Waals surface area contributed by atoms with E-state index < -0.39 is 0 Å². The number of para-hydroxylation sites is 1. The van der Waals surface area contributed by atoms with Crippen molar-refractivity contribution in [1.82, 2.24) is 9.80 Å². The van der Waals surface area contributed by atoms with Crippen LogP contribution in [0.25, 0.3) is 0 Å². The second kappa shape index (κ2) is 10.2. The van der Waals surface area contributed by atoms with Crippen LogP contribution in [0.1, 0.15) is 27.9 Å². The molecule has 6 nitrogen and oxygen atoms in total. The van der Waals surface area contributed by atoms with Crippen LogP contribution < -0.4 is 9.80 Å². The summed E-state index contributed by atoms with van der Waals surface area (Å²) in [5.74, 6) is 0.0284. The molecule has 0 aromatic heterocycles. The lowest BCUT2D eigenvalue weighted by molar-refractivity contribution is 0.0746. The second-order valence-corrected chi connectivity index (χ2v) is 9.36.